The minimum Gasteiger partial charge on any atom is -0.493 e. The molecule has 218 valence electrons. The Kier molecular flexibility index (Phi) is 7.93. The highest BCUT2D eigenvalue weighted by Crippen LogP contribution is 2.49. The smallest absolute Gasteiger partial charge is 0.281 e. The van der Waals surface area contributed by atoms with Crippen LogP contribution >= 0.6 is 0 Å². The van der Waals surface area contributed by atoms with Gasteiger partial charge in [-0.1, -0.05) is 18.2 Å². The van der Waals surface area contributed by atoms with Crippen LogP contribution < -0.4 is 19.1 Å². The number of ether oxygens (including phenoxy) is 2. The number of anilines is 1. The second-order valence-electron chi connectivity index (χ2n) is 11.0. The summed E-state index contributed by atoms with van der Waals surface area (Å²) in [7, 11) is -2.86. The summed E-state index contributed by atoms with van der Waals surface area (Å²) in [5.74, 6) is -2.51. The lowest BCUT2D eigenvalue weighted by molar-refractivity contribution is -0.128. The van der Waals surface area contributed by atoms with Gasteiger partial charge in [-0.2, -0.15) is 8.42 Å². The molecule has 1 saturated heterocycles. The number of carbonyl (C=O) groups is 1. The minimum absolute atomic E-state index is 0.0494. The molecule has 3 fully saturated rings. The van der Waals surface area contributed by atoms with E-state index in [0.717, 1.165) is 12.8 Å². The Bertz CT molecular complexity index is 1340. The van der Waals surface area contributed by atoms with E-state index in [-0.39, 0.29) is 54.9 Å². The van der Waals surface area contributed by atoms with Crippen molar-refractivity contribution in [3.8, 4) is 11.5 Å². The monoisotopic (exact) mass is 579 g/mol. The van der Waals surface area contributed by atoms with Crippen molar-refractivity contribution < 1.29 is 36.6 Å². The number of methoxy groups -OCH3 is 1. The lowest BCUT2D eigenvalue weighted by Gasteiger charge is -2.32. The molecule has 2 aromatic rings. The van der Waals surface area contributed by atoms with E-state index < -0.39 is 27.5 Å². The Labute approximate surface area is 232 Å². The Hall–Kier alpha value is -2.99. The van der Waals surface area contributed by atoms with Gasteiger partial charge in [0, 0.05) is 50.9 Å². The van der Waals surface area contributed by atoms with Gasteiger partial charge < -0.3 is 19.5 Å². The lowest BCUT2D eigenvalue weighted by atomic mass is 9.82. The van der Waals surface area contributed by atoms with Gasteiger partial charge in [0.1, 0.15) is 5.82 Å². The Balaban J connectivity index is 1.33. The average Bonchev–Trinajstić information content (AvgIpc) is 3.74. The van der Waals surface area contributed by atoms with Crippen LogP contribution in [0.25, 0.3) is 0 Å². The molecule has 0 bridgehead atoms. The van der Waals surface area contributed by atoms with Gasteiger partial charge in [-0.05, 0) is 55.7 Å². The number of hydrogen-bond acceptors (Lipinski definition) is 8. The Morgan fingerprint density at radius 2 is 1.85 bits per heavy atom. The van der Waals surface area contributed by atoms with Crippen LogP contribution in [-0.4, -0.2) is 62.7 Å². The average molecular weight is 580 g/mol. The van der Waals surface area contributed by atoms with E-state index in [2.05, 4.69) is 9.71 Å². The molecule has 0 spiro atoms. The number of alkyl halides is 2. The molecule has 2 N–H and O–H groups in total. The predicted molar refractivity (Wildman–Crippen MR) is 143 cm³/mol. The van der Waals surface area contributed by atoms with Crippen LogP contribution in [0.2, 0.25) is 0 Å². The fourth-order valence-corrected chi connectivity index (χ4v) is 6.59. The van der Waals surface area contributed by atoms with Crippen LogP contribution in [0.3, 0.4) is 0 Å². The number of aliphatic hydroxyl groups is 1. The fraction of sp³-hybridized carbons (Fsp3) is 0.571. The molecule has 1 aliphatic heterocycles. The van der Waals surface area contributed by atoms with Gasteiger partial charge in [0.15, 0.2) is 22.1 Å². The quantitative estimate of drug-likeness (QED) is 0.458. The molecule has 9 nitrogen and oxygen atoms in total. The third-order valence-corrected chi connectivity index (χ3v) is 9.35. The maximum Gasteiger partial charge on any atom is 0.281 e. The molecule has 3 aliphatic rings. The van der Waals surface area contributed by atoms with Gasteiger partial charge in [-0.25, -0.2) is 18.5 Å². The SMILES string of the molecule is COc1cccc(C2CCC(F)(F)CC2)c1OC1(C(=O)NS(=O)(=O)c2cccc(N3CCC[C@H](CO)C3)n2)CC1. The first-order valence-electron chi connectivity index (χ1n) is 13.7. The highest BCUT2D eigenvalue weighted by Gasteiger charge is 2.55. The van der Waals surface area contributed by atoms with E-state index in [0.29, 0.717) is 43.1 Å². The number of nitrogens with one attached hydrogen (secondary N) is 1. The minimum atomic E-state index is -4.32. The van der Waals surface area contributed by atoms with E-state index >= 15 is 0 Å². The molecule has 2 heterocycles. The normalized spacial score (nSPS) is 22.4. The van der Waals surface area contributed by atoms with E-state index in [1.165, 1.54) is 13.2 Å². The number of nitrogens with zero attached hydrogens (tertiary/aromatic N) is 2. The molecule has 0 radical (unpaired) electrons. The summed E-state index contributed by atoms with van der Waals surface area (Å²) in [6.07, 6.45) is 2.39. The van der Waals surface area contributed by atoms with Crippen LogP contribution in [0, 0.1) is 5.92 Å². The van der Waals surface area contributed by atoms with E-state index in [4.69, 9.17) is 9.47 Å². The number of para-hydroxylation sites is 1. The van der Waals surface area contributed by atoms with Gasteiger partial charge in [-0.3, -0.25) is 4.79 Å². The third-order valence-electron chi connectivity index (χ3n) is 8.11. The molecule has 1 aromatic carbocycles. The maximum atomic E-state index is 13.8. The van der Waals surface area contributed by atoms with Crippen molar-refractivity contribution in [3.05, 3.63) is 42.0 Å². The molecule has 0 unspecified atom stereocenters. The summed E-state index contributed by atoms with van der Waals surface area (Å²) < 4.78 is 67.9. The maximum absolute atomic E-state index is 13.8. The highest BCUT2D eigenvalue weighted by atomic mass is 32.2. The summed E-state index contributed by atoms with van der Waals surface area (Å²) in [6, 6.07) is 9.80. The zero-order chi connectivity index (χ0) is 28.5. The molecule has 12 heteroatoms. The summed E-state index contributed by atoms with van der Waals surface area (Å²) in [4.78, 5) is 19.6. The predicted octanol–water partition coefficient (Wildman–Crippen LogP) is 4.01. The number of piperidine rings is 1. The molecule has 40 heavy (non-hydrogen) atoms. The first-order chi connectivity index (χ1) is 19.1. The van der Waals surface area contributed by atoms with Gasteiger partial charge >= 0.3 is 0 Å². The van der Waals surface area contributed by atoms with Gasteiger partial charge in [0.2, 0.25) is 5.92 Å². The largest absolute Gasteiger partial charge is 0.493 e. The van der Waals surface area contributed by atoms with E-state index in [1.807, 2.05) is 4.90 Å². The second-order valence-corrected chi connectivity index (χ2v) is 12.6. The molecular formula is C28H35F2N3O6S. The zero-order valence-electron chi connectivity index (χ0n) is 22.4. The molecular weight excluding hydrogens is 544 g/mol. The van der Waals surface area contributed by atoms with Crippen molar-refractivity contribution in [2.24, 2.45) is 5.92 Å². The van der Waals surface area contributed by atoms with Crippen molar-refractivity contribution in [1.82, 2.24) is 9.71 Å². The van der Waals surface area contributed by atoms with Gasteiger partial charge in [0.25, 0.3) is 15.9 Å². The summed E-state index contributed by atoms with van der Waals surface area (Å²) in [5.41, 5.74) is -0.748. The number of rotatable bonds is 9. The number of aromatic nitrogens is 1. The van der Waals surface area contributed by atoms with Crippen molar-refractivity contribution in [1.29, 1.82) is 0 Å². The number of halogens is 2. The number of pyridine rings is 1. The van der Waals surface area contributed by atoms with Gasteiger partial charge in [-0.15, -0.1) is 0 Å². The van der Waals surface area contributed by atoms with E-state index in [1.54, 1.807) is 30.3 Å². The Morgan fingerprint density at radius 3 is 2.52 bits per heavy atom. The molecule has 1 amide bonds. The van der Waals surface area contributed by atoms with Crippen LogP contribution in [0.1, 0.15) is 62.8 Å². The summed E-state index contributed by atoms with van der Waals surface area (Å²) >= 11 is 0. The summed E-state index contributed by atoms with van der Waals surface area (Å²) in [5, 5.41) is 9.24. The Morgan fingerprint density at radius 1 is 1.12 bits per heavy atom. The van der Waals surface area contributed by atoms with Crippen LogP contribution in [0.15, 0.2) is 41.4 Å². The number of amides is 1. The second kappa shape index (κ2) is 11.1. The van der Waals surface area contributed by atoms with Crippen LogP contribution in [-0.2, 0) is 14.8 Å². The molecule has 2 saturated carbocycles. The topological polar surface area (TPSA) is 118 Å². The van der Waals surface area contributed by atoms with E-state index in [9.17, 15) is 27.1 Å². The molecule has 1 aromatic heterocycles. The van der Waals surface area contributed by atoms with Crippen LogP contribution in [0.5, 0.6) is 11.5 Å². The third kappa shape index (κ3) is 6.02. The molecule has 2 aliphatic carbocycles. The first-order valence-corrected chi connectivity index (χ1v) is 15.2. The number of benzene rings is 1. The lowest BCUT2D eigenvalue weighted by Crippen LogP contribution is -2.44. The van der Waals surface area contributed by atoms with Crippen molar-refractivity contribution >= 4 is 21.7 Å². The number of hydrogen-bond donors (Lipinski definition) is 2. The fourth-order valence-electron chi connectivity index (χ4n) is 5.58. The van der Waals surface area contributed by atoms with Crippen molar-refractivity contribution in [2.45, 2.75) is 73.8 Å². The highest BCUT2D eigenvalue weighted by molar-refractivity contribution is 7.90. The van der Waals surface area contributed by atoms with Gasteiger partial charge in [0.05, 0.1) is 7.11 Å². The number of aliphatic hydroxyl groups excluding tert-OH is 1. The summed E-state index contributed by atoms with van der Waals surface area (Å²) in [6.45, 7) is 1.31. The number of carbonyl (C=O) groups excluding carboxylic acids is 1. The first kappa shape index (κ1) is 28.5. The number of sulfonamides is 1. The van der Waals surface area contributed by atoms with Crippen LogP contribution in [0.4, 0.5) is 14.6 Å². The zero-order valence-corrected chi connectivity index (χ0v) is 23.3. The molecule has 1 atom stereocenters. The standard InChI is InChI=1S/C28H35F2N3O6S/c1-38-22-7-2-6-21(20-10-12-28(29,30)13-11-20)25(22)39-27(14-15-27)26(35)32-40(36,37)24-9-3-8-23(31-24)33-16-4-5-19(17-33)18-34/h2-3,6-9,19-20,34H,4-5,10-18H2,1H3,(H,32,35)/t19-/m0/s1. The molecule has 5 rings (SSSR count). The van der Waals surface area contributed by atoms with Crippen molar-refractivity contribution in [3.63, 3.8) is 0 Å². The van der Waals surface area contributed by atoms with Crippen molar-refractivity contribution in [2.75, 3.05) is 31.7 Å².